The zero-order chi connectivity index (χ0) is 33.7. The quantitative estimate of drug-likeness (QED) is 0.230. The van der Waals surface area contributed by atoms with Crippen LogP contribution in [-0.2, 0) is 12.8 Å². The lowest BCUT2D eigenvalue weighted by molar-refractivity contribution is 0.747. The van der Waals surface area contributed by atoms with Crippen molar-refractivity contribution in [2.24, 2.45) is 15.9 Å². The van der Waals surface area contributed by atoms with Crippen LogP contribution in [0.3, 0.4) is 0 Å². The van der Waals surface area contributed by atoms with Crippen molar-refractivity contribution < 1.29 is 0 Å². The van der Waals surface area contributed by atoms with E-state index in [4.69, 9.17) is 4.99 Å². The second-order valence-electron chi connectivity index (χ2n) is 14.0. The average molecular weight is 652 g/mol. The number of rotatable bonds is 9. The maximum Gasteiger partial charge on any atom is 0.129 e. The Bertz CT molecular complexity index is 2040. The lowest BCUT2D eigenvalue weighted by atomic mass is 9.82. The Hall–Kier alpha value is -5.28. The summed E-state index contributed by atoms with van der Waals surface area (Å²) in [6, 6.07) is 24.4. The Labute approximate surface area is 297 Å². The molecule has 0 amide bonds. The molecular formula is C47H45N3. The van der Waals surface area contributed by atoms with Crippen LogP contribution < -0.4 is 5.32 Å². The van der Waals surface area contributed by atoms with Crippen LogP contribution in [0, 0.1) is 5.92 Å². The number of aliphatic imine (C=N–C) groups is 2. The van der Waals surface area contributed by atoms with E-state index in [0.717, 1.165) is 56.5 Å². The van der Waals surface area contributed by atoms with Crippen molar-refractivity contribution in [1.29, 1.82) is 0 Å². The van der Waals surface area contributed by atoms with Crippen LogP contribution in [0.1, 0.15) is 82.9 Å². The molecule has 4 atom stereocenters. The summed E-state index contributed by atoms with van der Waals surface area (Å²) in [6.45, 7) is 4.24. The van der Waals surface area contributed by atoms with Gasteiger partial charge in [0.2, 0.25) is 0 Å². The standard InChI is InChI=1S/C47H45N3/c1-2-33(44-21-9-15-36-12-5-6-20-45(36)44)14-8-19-43-31-46(37-25-22-35(23-26-37)42-18-10-28-48-32-42)50-47(49-43)41-17-7-16-39(30-41)40-27-24-34-11-3-4-13-38(34)29-40/h2-4,6,8-11,13,15-16,19-28,30-33,40,42-43H,1,5,7,12,14,17-18,29H2,(H,49,50)/b19-8+. The molecular weight excluding hydrogens is 607 g/mol. The van der Waals surface area contributed by atoms with Crippen LogP contribution in [0.5, 0.6) is 0 Å². The highest BCUT2D eigenvalue weighted by atomic mass is 15.0. The number of aryl methyl sites for hydroxylation is 1. The Morgan fingerprint density at radius 2 is 1.80 bits per heavy atom. The maximum atomic E-state index is 5.32. The van der Waals surface area contributed by atoms with E-state index in [9.17, 15) is 0 Å². The van der Waals surface area contributed by atoms with E-state index >= 15 is 0 Å². The van der Waals surface area contributed by atoms with E-state index in [-0.39, 0.29) is 12.0 Å². The Kier molecular flexibility index (Phi) is 9.38. The molecule has 3 heteroatoms. The number of nitrogens with zero attached hydrogens (tertiary/aromatic N) is 2. The van der Waals surface area contributed by atoms with E-state index in [1.54, 1.807) is 0 Å². The highest BCUT2D eigenvalue weighted by Crippen LogP contribution is 2.34. The van der Waals surface area contributed by atoms with Crippen molar-refractivity contribution >= 4 is 29.9 Å². The number of hydrogen-bond acceptors (Lipinski definition) is 3. The molecule has 2 heterocycles. The maximum absolute atomic E-state index is 5.32. The van der Waals surface area contributed by atoms with Gasteiger partial charge >= 0.3 is 0 Å². The van der Waals surface area contributed by atoms with Crippen LogP contribution in [0.4, 0.5) is 0 Å². The van der Waals surface area contributed by atoms with Gasteiger partial charge in [0.05, 0.1) is 6.04 Å². The molecule has 0 spiro atoms. The normalized spacial score (nSPS) is 22.8. The third kappa shape index (κ3) is 6.91. The molecule has 0 fully saturated rings. The Morgan fingerprint density at radius 3 is 2.68 bits per heavy atom. The fraction of sp³-hybridized carbons (Fsp3) is 0.234. The molecule has 0 saturated carbocycles. The summed E-state index contributed by atoms with van der Waals surface area (Å²) in [6.07, 6.45) is 36.3. The number of nitrogens with one attached hydrogen (secondary N) is 1. The van der Waals surface area contributed by atoms with Gasteiger partial charge in [-0.25, -0.2) is 0 Å². The largest absolute Gasteiger partial charge is 0.340 e. The molecule has 3 aliphatic carbocycles. The predicted molar refractivity (Wildman–Crippen MR) is 212 cm³/mol. The number of fused-ring (bicyclic) bond motifs is 2. The average Bonchev–Trinajstić information content (AvgIpc) is 3.19. The summed E-state index contributed by atoms with van der Waals surface area (Å²) in [4.78, 5) is 9.70. The van der Waals surface area contributed by atoms with Crippen LogP contribution in [0.25, 0.3) is 17.8 Å². The van der Waals surface area contributed by atoms with Gasteiger partial charge in [-0.3, -0.25) is 9.98 Å². The van der Waals surface area contributed by atoms with Crippen LogP contribution in [0.2, 0.25) is 0 Å². The lowest BCUT2D eigenvalue weighted by Crippen LogP contribution is -2.30. The van der Waals surface area contributed by atoms with Gasteiger partial charge in [0.25, 0.3) is 0 Å². The highest BCUT2D eigenvalue weighted by molar-refractivity contribution is 6.05. The first-order valence-electron chi connectivity index (χ1n) is 18.3. The fourth-order valence-corrected chi connectivity index (χ4v) is 7.94. The first-order chi connectivity index (χ1) is 24.7. The van der Waals surface area contributed by atoms with Crippen molar-refractivity contribution in [3.05, 3.63) is 184 Å². The number of hydrogen-bond donors (Lipinski definition) is 1. The van der Waals surface area contributed by atoms with E-state index in [0.29, 0.717) is 11.8 Å². The number of amidine groups is 1. The van der Waals surface area contributed by atoms with E-state index < -0.39 is 0 Å². The van der Waals surface area contributed by atoms with Crippen LogP contribution >= 0.6 is 0 Å². The van der Waals surface area contributed by atoms with Gasteiger partial charge < -0.3 is 5.32 Å². The van der Waals surface area contributed by atoms with Crippen molar-refractivity contribution in [3.8, 4) is 0 Å². The minimum absolute atomic E-state index is 0.0664. The smallest absolute Gasteiger partial charge is 0.129 e. The zero-order valence-corrected chi connectivity index (χ0v) is 28.7. The predicted octanol–water partition coefficient (Wildman–Crippen LogP) is 10.9. The molecule has 4 unspecified atom stereocenters. The molecule has 50 heavy (non-hydrogen) atoms. The van der Waals surface area contributed by atoms with Gasteiger partial charge in [-0.1, -0.05) is 127 Å². The SMILES string of the molecule is C=CC(C/C=C/C1C=C(c2ccc(C3C=NC=CC3)cc2)NC(C2=CC(C3C=Cc4ccccc4C3)=CCC2)=N1)c1cccc2c1C=CCC2. The first kappa shape index (κ1) is 32.0. The van der Waals surface area contributed by atoms with Crippen molar-refractivity contribution in [3.63, 3.8) is 0 Å². The van der Waals surface area contributed by atoms with Gasteiger partial charge in [0.15, 0.2) is 0 Å². The van der Waals surface area contributed by atoms with Gasteiger partial charge in [0.1, 0.15) is 5.84 Å². The summed E-state index contributed by atoms with van der Waals surface area (Å²) < 4.78 is 0. The Balaban J connectivity index is 1.06. The minimum Gasteiger partial charge on any atom is -0.340 e. The topological polar surface area (TPSA) is 36.8 Å². The third-order valence-corrected chi connectivity index (χ3v) is 10.7. The summed E-state index contributed by atoms with van der Waals surface area (Å²) in [5, 5.41) is 3.78. The summed E-state index contributed by atoms with van der Waals surface area (Å²) in [5.41, 5.74) is 13.2. The third-order valence-electron chi connectivity index (χ3n) is 10.7. The summed E-state index contributed by atoms with van der Waals surface area (Å²) in [5.74, 6) is 1.96. The molecule has 0 radical (unpaired) electrons. The van der Waals surface area contributed by atoms with Crippen molar-refractivity contribution in [2.45, 2.75) is 62.8 Å². The molecule has 3 aromatic carbocycles. The minimum atomic E-state index is -0.0664. The number of benzene rings is 3. The summed E-state index contributed by atoms with van der Waals surface area (Å²) >= 11 is 0. The number of allylic oxidation sites excluding steroid dienone is 8. The zero-order valence-electron chi connectivity index (χ0n) is 28.7. The van der Waals surface area contributed by atoms with Gasteiger partial charge in [-0.05, 0) is 101 Å². The molecule has 0 saturated heterocycles. The molecule has 2 aliphatic heterocycles. The van der Waals surface area contributed by atoms with Gasteiger partial charge in [0, 0.05) is 35.9 Å². The van der Waals surface area contributed by atoms with Gasteiger partial charge in [-0.2, -0.15) is 0 Å². The molecule has 1 N–H and O–H groups in total. The Morgan fingerprint density at radius 1 is 0.900 bits per heavy atom. The molecule has 5 aliphatic rings. The first-order valence-corrected chi connectivity index (χ1v) is 18.3. The molecule has 0 bridgehead atoms. The molecule has 248 valence electrons. The highest BCUT2D eigenvalue weighted by Gasteiger charge is 2.23. The monoisotopic (exact) mass is 651 g/mol. The van der Waals surface area contributed by atoms with Crippen molar-refractivity contribution in [1.82, 2.24) is 5.32 Å². The second kappa shape index (κ2) is 14.7. The second-order valence-corrected chi connectivity index (χ2v) is 14.0. The van der Waals surface area contributed by atoms with Gasteiger partial charge in [-0.15, -0.1) is 6.58 Å². The van der Waals surface area contributed by atoms with Crippen molar-refractivity contribution in [2.75, 3.05) is 0 Å². The summed E-state index contributed by atoms with van der Waals surface area (Å²) in [7, 11) is 0. The molecule has 3 nitrogen and oxygen atoms in total. The fourth-order valence-electron chi connectivity index (χ4n) is 7.94. The molecule has 8 rings (SSSR count). The lowest BCUT2D eigenvalue weighted by Gasteiger charge is -2.27. The van der Waals surface area contributed by atoms with E-state index in [1.807, 2.05) is 6.20 Å². The van der Waals surface area contributed by atoms with E-state index in [2.05, 4.69) is 157 Å². The van der Waals surface area contributed by atoms with E-state index in [1.165, 1.54) is 50.1 Å². The molecule has 3 aromatic rings. The molecule has 0 aromatic heterocycles. The van der Waals surface area contributed by atoms with Crippen LogP contribution in [-0.4, -0.2) is 18.1 Å². The van der Waals surface area contributed by atoms with Crippen LogP contribution in [0.15, 0.2) is 155 Å².